The average Bonchev–Trinajstić information content (AvgIpc) is 2.91. The van der Waals surface area contributed by atoms with Gasteiger partial charge in [0.2, 0.25) is 0 Å². The van der Waals surface area contributed by atoms with Gasteiger partial charge in [-0.15, -0.1) is 0 Å². The average molecular weight is 319 g/mol. The van der Waals surface area contributed by atoms with E-state index in [1.807, 2.05) is 47.4 Å². The Kier molecular flexibility index (Phi) is 3.51. The highest BCUT2D eigenvalue weighted by molar-refractivity contribution is 5.69. The maximum absolute atomic E-state index is 10.8. The molecule has 2 aromatic rings. The quantitative estimate of drug-likeness (QED) is 0.862. The zero-order valence-electron chi connectivity index (χ0n) is 13.2. The van der Waals surface area contributed by atoms with Crippen LogP contribution in [0.1, 0.15) is 16.7 Å². The third kappa shape index (κ3) is 2.86. The molecule has 2 aliphatic rings. The van der Waals surface area contributed by atoms with Crippen molar-refractivity contribution in [3.05, 3.63) is 65.2 Å². The van der Waals surface area contributed by atoms with Crippen molar-refractivity contribution in [1.82, 2.24) is 4.90 Å². The van der Waals surface area contributed by atoms with Crippen LogP contribution in [0.2, 0.25) is 0 Å². The van der Waals surface area contributed by atoms with Gasteiger partial charge in [-0.3, -0.25) is 9.69 Å². The Morgan fingerprint density at radius 2 is 1.88 bits per heavy atom. The van der Waals surface area contributed by atoms with Crippen LogP contribution in [0, 0.1) is 11.8 Å². The summed E-state index contributed by atoms with van der Waals surface area (Å²) in [5.41, 5.74) is 2.84. The Hall–Kier alpha value is -2.77. The fourth-order valence-corrected chi connectivity index (χ4v) is 3.40. The van der Waals surface area contributed by atoms with Gasteiger partial charge in [0.1, 0.15) is 11.4 Å². The SMILES string of the molecule is O=C(O)CN1CC2(Cc3ccc(C#Cc4ccccc4)cc3O2)C1. The van der Waals surface area contributed by atoms with Gasteiger partial charge in [-0.1, -0.05) is 36.1 Å². The predicted molar refractivity (Wildman–Crippen MR) is 90.0 cm³/mol. The maximum Gasteiger partial charge on any atom is 0.317 e. The Morgan fingerprint density at radius 1 is 1.12 bits per heavy atom. The summed E-state index contributed by atoms with van der Waals surface area (Å²) in [5, 5.41) is 8.85. The highest BCUT2D eigenvalue weighted by Gasteiger charge is 2.49. The van der Waals surface area contributed by atoms with E-state index in [1.54, 1.807) is 0 Å². The zero-order chi connectivity index (χ0) is 16.6. The van der Waals surface area contributed by atoms with E-state index < -0.39 is 5.97 Å². The minimum Gasteiger partial charge on any atom is -0.484 e. The van der Waals surface area contributed by atoms with Gasteiger partial charge >= 0.3 is 5.97 Å². The van der Waals surface area contributed by atoms with Gasteiger partial charge in [-0.25, -0.2) is 0 Å². The minimum absolute atomic E-state index is 0.0786. The fraction of sp³-hybridized carbons (Fsp3) is 0.250. The van der Waals surface area contributed by atoms with Crippen LogP contribution in [0.5, 0.6) is 5.75 Å². The van der Waals surface area contributed by atoms with Gasteiger partial charge in [0.15, 0.2) is 0 Å². The number of likely N-dealkylation sites (tertiary alicyclic amines) is 1. The van der Waals surface area contributed by atoms with Crippen molar-refractivity contribution in [2.24, 2.45) is 0 Å². The number of carboxylic acids is 1. The number of nitrogens with zero attached hydrogens (tertiary/aromatic N) is 1. The monoisotopic (exact) mass is 319 g/mol. The molecule has 4 heteroatoms. The molecule has 0 amide bonds. The topological polar surface area (TPSA) is 49.8 Å². The minimum atomic E-state index is -0.793. The molecule has 0 atom stereocenters. The van der Waals surface area contributed by atoms with Gasteiger partial charge in [0, 0.05) is 30.6 Å². The number of carboxylic acid groups (broad SMARTS) is 1. The molecule has 4 nitrogen and oxygen atoms in total. The summed E-state index contributed by atoms with van der Waals surface area (Å²) < 4.78 is 6.13. The Bertz CT molecular complexity index is 842. The van der Waals surface area contributed by atoms with E-state index in [2.05, 4.69) is 17.9 Å². The number of ether oxygens (including phenoxy) is 1. The van der Waals surface area contributed by atoms with E-state index in [-0.39, 0.29) is 12.1 Å². The molecule has 1 spiro atoms. The van der Waals surface area contributed by atoms with Gasteiger partial charge in [-0.05, 0) is 29.8 Å². The van der Waals surface area contributed by atoms with Crippen LogP contribution in [-0.4, -0.2) is 41.2 Å². The second-order valence-electron chi connectivity index (χ2n) is 6.44. The van der Waals surface area contributed by atoms with E-state index >= 15 is 0 Å². The highest BCUT2D eigenvalue weighted by Crippen LogP contribution is 2.40. The summed E-state index contributed by atoms with van der Waals surface area (Å²) in [7, 11) is 0. The second kappa shape index (κ2) is 5.70. The van der Waals surface area contributed by atoms with E-state index in [4.69, 9.17) is 9.84 Å². The molecule has 0 bridgehead atoms. The molecule has 0 unspecified atom stereocenters. The lowest BCUT2D eigenvalue weighted by atomic mass is 9.89. The number of rotatable bonds is 2. The van der Waals surface area contributed by atoms with Gasteiger partial charge in [-0.2, -0.15) is 0 Å². The lowest BCUT2D eigenvalue weighted by Crippen LogP contribution is -2.65. The van der Waals surface area contributed by atoms with E-state index in [0.717, 1.165) is 23.3 Å². The van der Waals surface area contributed by atoms with Crippen LogP contribution in [0.3, 0.4) is 0 Å². The van der Waals surface area contributed by atoms with Crippen LogP contribution in [0.4, 0.5) is 0 Å². The summed E-state index contributed by atoms with van der Waals surface area (Å²) in [6, 6.07) is 16.0. The molecule has 0 aliphatic carbocycles. The molecular formula is C20H17NO3. The summed E-state index contributed by atoms with van der Waals surface area (Å²) >= 11 is 0. The number of hydrogen-bond acceptors (Lipinski definition) is 3. The molecular weight excluding hydrogens is 302 g/mol. The highest BCUT2D eigenvalue weighted by atomic mass is 16.5. The van der Waals surface area contributed by atoms with Crippen molar-refractivity contribution in [1.29, 1.82) is 0 Å². The Balaban J connectivity index is 1.47. The lowest BCUT2D eigenvalue weighted by molar-refractivity contribution is -0.143. The van der Waals surface area contributed by atoms with Crippen molar-refractivity contribution in [3.8, 4) is 17.6 Å². The third-order valence-electron chi connectivity index (χ3n) is 4.41. The number of benzene rings is 2. The largest absolute Gasteiger partial charge is 0.484 e. The first-order valence-electron chi connectivity index (χ1n) is 7.95. The van der Waals surface area contributed by atoms with Crippen LogP contribution >= 0.6 is 0 Å². The van der Waals surface area contributed by atoms with Crippen molar-refractivity contribution in [2.75, 3.05) is 19.6 Å². The van der Waals surface area contributed by atoms with Crippen molar-refractivity contribution >= 4 is 5.97 Å². The third-order valence-corrected chi connectivity index (χ3v) is 4.41. The first-order chi connectivity index (χ1) is 11.6. The van der Waals surface area contributed by atoms with Crippen LogP contribution < -0.4 is 4.74 Å². The molecule has 2 aromatic carbocycles. The first-order valence-corrected chi connectivity index (χ1v) is 7.95. The lowest BCUT2D eigenvalue weighted by Gasteiger charge is -2.46. The molecule has 4 rings (SSSR count). The van der Waals surface area contributed by atoms with Crippen molar-refractivity contribution in [2.45, 2.75) is 12.0 Å². The van der Waals surface area contributed by atoms with Gasteiger partial charge < -0.3 is 9.84 Å². The molecule has 0 aromatic heterocycles. The van der Waals surface area contributed by atoms with Crippen molar-refractivity contribution in [3.63, 3.8) is 0 Å². The standard InChI is InChI=1S/C20H17NO3/c22-19(23)12-21-13-20(14-21)11-17-9-8-16(10-18(17)24-20)7-6-15-4-2-1-3-5-15/h1-5,8-10H,11-14H2,(H,22,23). The van der Waals surface area contributed by atoms with Gasteiger partial charge in [0.05, 0.1) is 6.54 Å². The maximum atomic E-state index is 10.8. The van der Waals surface area contributed by atoms with Gasteiger partial charge in [0.25, 0.3) is 0 Å². The normalized spacial score (nSPS) is 17.3. The smallest absolute Gasteiger partial charge is 0.317 e. The van der Waals surface area contributed by atoms with Crippen LogP contribution in [-0.2, 0) is 11.2 Å². The van der Waals surface area contributed by atoms with E-state index in [1.165, 1.54) is 5.56 Å². The number of aliphatic carboxylic acids is 1. The Morgan fingerprint density at radius 3 is 2.62 bits per heavy atom. The van der Waals surface area contributed by atoms with Crippen LogP contribution in [0.15, 0.2) is 48.5 Å². The molecule has 1 saturated heterocycles. The van der Waals surface area contributed by atoms with Crippen molar-refractivity contribution < 1.29 is 14.6 Å². The number of fused-ring (bicyclic) bond motifs is 1. The summed E-state index contributed by atoms with van der Waals surface area (Å²) in [6.45, 7) is 1.41. The molecule has 24 heavy (non-hydrogen) atoms. The van der Waals surface area contributed by atoms with Crippen LogP contribution in [0.25, 0.3) is 0 Å². The number of carbonyl (C=O) groups is 1. The second-order valence-corrected chi connectivity index (χ2v) is 6.44. The zero-order valence-corrected chi connectivity index (χ0v) is 13.2. The molecule has 0 radical (unpaired) electrons. The molecule has 1 N–H and O–H groups in total. The summed E-state index contributed by atoms with van der Waals surface area (Å²) in [5.74, 6) is 6.41. The number of hydrogen-bond donors (Lipinski definition) is 1. The summed E-state index contributed by atoms with van der Waals surface area (Å²) in [6.07, 6.45) is 0.838. The summed E-state index contributed by atoms with van der Waals surface area (Å²) in [4.78, 5) is 12.7. The molecule has 1 fully saturated rings. The molecule has 2 heterocycles. The fourth-order valence-electron chi connectivity index (χ4n) is 3.40. The van der Waals surface area contributed by atoms with E-state index in [9.17, 15) is 4.79 Å². The molecule has 120 valence electrons. The van der Waals surface area contributed by atoms with E-state index in [0.29, 0.717) is 13.1 Å². The Labute approximate surface area is 140 Å². The first kappa shape index (κ1) is 14.8. The molecule has 2 aliphatic heterocycles. The molecule has 0 saturated carbocycles. The predicted octanol–water partition coefficient (Wildman–Crippen LogP) is 2.16.